The van der Waals surface area contributed by atoms with Gasteiger partial charge in [-0.3, -0.25) is 18.6 Å². The van der Waals surface area contributed by atoms with E-state index < -0.39 is 20.0 Å². The zero-order valence-corrected chi connectivity index (χ0v) is 54.5. The normalized spacial score (nSPS) is 13.7. The number of unbranched alkanes of at least 4 members (excludes halogenated alkanes) is 46. The van der Waals surface area contributed by atoms with E-state index in [2.05, 4.69) is 38.2 Å². The third-order valence-electron chi connectivity index (χ3n) is 15.9. The van der Waals surface area contributed by atoms with Gasteiger partial charge in [-0.2, -0.15) is 0 Å². The Morgan fingerprint density at radius 3 is 1.08 bits per heavy atom. The first kappa shape index (κ1) is 77.5. The molecule has 9 nitrogen and oxygen atoms in total. The van der Waals surface area contributed by atoms with Crippen LogP contribution in [0.5, 0.6) is 0 Å². The maximum Gasteiger partial charge on any atom is 0.472 e. The number of nitrogens with zero attached hydrogens (tertiary/aromatic N) is 1. The molecule has 3 unspecified atom stereocenters. The van der Waals surface area contributed by atoms with Crippen LogP contribution < -0.4 is 5.32 Å². The summed E-state index contributed by atoms with van der Waals surface area (Å²) >= 11 is 0. The number of hydrogen-bond acceptors (Lipinski definition) is 6. The van der Waals surface area contributed by atoms with Crippen LogP contribution in [0.3, 0.4) is 0 Å². The van der Waals surface area contributed by atoms with Crippen molar-refractivity contribution in [3.05, 3.63) is 24.3 Å². The molecule has 0 aromatic carbocycles. The molecule has 0 rings (SSSR count). The second-order valence-electron chi connectivity index (χ2n) is 25.1. The Morgan fingerprint density at radius 1 is 0.430 bits per heavy atom. The summed E-state index contributed by atoms with van der Waals surface area (Å²) in [5, 5.41) is 3.07. The number of amides is 1. The molecule has 3 atom stereocenters. The first-order valence-corrected chi connectivity index (χ1v) is 36.2. The third-order valence-corrected chi connectivity index (χ3v) is 16.9. The second kappa shape index (κ2) is 59.6. The monoisotopic (exact) mass is 1140 g/mol. The molecule has 468 valence electrons. The average Bonchev–Trinajstić information content (AvgIpc) is 3.41. The van der Waals surface area contributed by atoms with Gasteiger partial charge in [-0.05, 0) is 57.4 Å². The highest BCUT2D eigenvalue weighted by Gasteiger charge is 2.30. The molecule has 0 aliphatic heterocycles. The molecule has 1 amide bonds. The molecule has 0 radical (unpaired) electrons. The van der Waals surface area contributed by atoms with Crippen LogP contribution in [0.2, 0.25) is 0 Å². The predicted molar refractivity (Wildman–Crippen MR) is 342 cm³/mol. The van der Waals surface area contributed by atoms with Gasteiger partial charge in [0.05, 0.1) is 33.8 Å². The zero-order chi connectivity index (χ0) is 57.9. The summed E-state index contributed by atoms with van der Waals surface area (Å²) in [5.41, 5.74) is 0. The van der Waals surface area contributed by atoms with Crippen LogP contribution in [0, 0.1) is 0 Å². The van der Waals surface area contributed by atoms with E-state index in [0.29, 0.717) is 23.9 Å². The fraction of sp³-hybridized carbons (Fsp3) is 0.913. The molecule has 0 spiro atoms. The lowest BCUT2D eigenvalue weighted by molar-refractivity contribution is -0.870. The number of quaternary nitrogens is 1. The van der Waals surface area contributed by atoms with Crippen LogP contribution in [0.15, 0.2) is 24.3 Å². The number of carbonyl (C=O) groups is 2. The molecule has 0 aromatic rings. The molecule has 0 saturated heterocycles. The Labute approximate surface area is 492 Å². The van der Waals surface area contributed by atoms with Gasteiger partial charge in [0.1, 0.15) is 19.3 Å². The number of allylic oxidation sites excluding steroid dienone is 3. The fourth-order valence-corrected chi connectivity index (χ4v) is 11.3. The van der Waals surface area contributed by atoms with Crippen molar-refractivity contribution in [1.82, 2.24) is 5.32 Å². The number of phosphoric acid groups is 1. The molecule has 0 bridgehead atoms. The molecular formula is C69H136N2O7P+. The maximum atomic E-state index is 13.6. The molecule has 0 aliphatic rings. The van der Waals surface area contributed by atoms with Crippen LogP contribution in [-0.4, -0.2) is 74.3 Å². The van der Waals surface area contributed by atoms with E-state index in [4.69, 9.17) is 13.8 Å². The molecule has 2 N–H and O–H groups in total. The summed E-state index contributed by atoms with van der Waals surface area (Å²) < 4.78 is 30.8. The lowest BCUT2D eigenvalue weighted by Gasteiger charge is -2.27. The Balaban J connectivity index is 4.99. The largest absolute Gasteiger partial charge is 0.472 e. The summed E-state index contributed by atoms with van der Waals surface area (Å²) in [5.74, 6) is -0.483. The highest BCUT2D eigenvalue weighted by Crippen LogP contribution is 2.43. The van der Waals surface area contributed by atoms with Gasteiger partial charge in [0, 0.05) is 12.8 Å². The topological polar surface area (TPSA) is 111 Å². The highest BCUT2D eigenvalue weighted by atomic mass is 31.2. The highest BCUT2D eigenvalue weighted by molar-refractivity contribution is 7.47. The summed E-state index contributed by atoms with van der Waals surface area (Å²) in [6.45, 7) is 7.07. The van der Waals surface area contributed by atoms with Crippen molar-refractivity contribution in [1.29, 1.82) is 0 Å². The minimum absolute atomic E-state index is 0.0445. The molecule has 0 heterocycles. The summed E-state index contributed by atoms with van der Waals surface area (Å²) in [6, 6.07) is -0.842. The Kier molecular flexibility index (Phi) is 58.5. The molecule has 79 heavy (non-hydrogen) atoms. The van der Waals surface area contributed by atoms with Gasteiger partial charge >= 0.3 is 13.8 Å². The molecule has 0 saturated carbocycles. The number of rotatable bonds is 64. The molecule has 0 aliphatic carbocycles. The summed E-state index contributed by atoms with van der Waals surface area (Å²) in [6.07, 6.45) is 71.9. The van der Waals surface area contributed by atoms with Crippen LogP contribution in [0.1, 0.15) is 355 Å². The number of nitrogens with one attached hydrogen (secondary N) is 1. The lowest BCUT2D eigenvalue weighted by Crippen LogP contribution is -2.47. The fourth-order valence-electron chi connectivity index (χ4n) is 10.5. The number of carbonyl (C=O) groups excluding carboxylic acids is 2. The van der Waals surface area contributed by atoms with Crippen molar-refractivity contribution >= 4 is 19.7 Å². The van der Waals surface area contributed by atoms with E-state index in [9.17, 15) is 19.0 Å². The minimum Gasteiger partial charge on any atom is -0.456 e. The Hall–Kier alpha value is -1.51. The van der Waals surface area contributed by atoms with E-state index in [1.54, 1.807) is 0 Å². The maximum absolute atomic E-state index is 13.6. The first-order chi connectivity index (χ1) is 38.4. The zero-order valence-electron chi connectivity index (χ0n) is 53.6. The molecule has 0 fully saturated rings. The quantitative estimate of drug-likeness (QED) is 0.0205. The van der Waals surface area contributed by atoms with E-state index in [1.807, 2.05) is 33.3 Å². The summed E-state index contributed by atoms with van der Waals surface area (Å²) in [4.78, 5) is 37.8. The van der Waals surface area contributed by atoms with E-state index in [1.165, 1.54) is 263 Å². The Bertz CT molecular complexity index is 1400. The SMILES string of the molecule is CCCCCCCC/C=C/CCCCCCCCCCCCCCCCCC(=O)NC(COP(=O)(O)OCC[N+](C)(C)C)C(/C=C\CCCCCCCCCCC)OC(=O)CCCCCCCCCCCCCCCCCCC. The number of hydrogen-bond donors (Lipinski definition) is 2. The van der Waals surface area contributed by atoms with Gasteiger partial charge in [-0.25, -0.2) is 4.57 Å². The predicted octanol–water partition coefficient (Wildman–Crippen LogP) is 21.7. The van der Waals surface area contributed by atoms with Crippen molar-refractivity contribution in [2.45, 2.75) is 367 Å². The number of phosphoric ester groups is 1. The summed E-state index contributed by atoms with van der Waals surface area (Å²) in [7, 11) is 1.52. The van der Waals surface area contributed by atoms with Crippen molar-refractivity contribution in [2.75, 3.05) is 40.9 Å². The number of esters is 1. The smallest absolute Gasteiger partial charge is 0.456 e. The molecule has 0 aromatic heterocycles. The van der Waals surface area contributed by atoms with Gasteiger partial charge in [0.25, 0.3) is 0 Å². The second-order valence-corrected chi connectivity index (χ2v) is 26.5. The van der Waals surface area contributed by atoms with Gasteiger partial charge in [0.2, 0.25) is 5.91 Å². The number of likely N-dealkylation sites (N-methyl/N-ethyl adjacent to an activating group) is 1. The van der Waals surface area contributed by atoms with Gasteiger partial charge in [-0.15, -0.1) is 0 Å². The van der Waals surface area contributed by atoms with Crippen molar-refractivity contribution in [3.63, 3.8) is 0 Å². The number of ether oxygens (including phenoxy) is 1. The van der Waals surface area contributed by atoms with Crippen LogP contribution in [-0.2, 0) is 27.9 Å². The van der Waals surface area contributed by atoms with Crippen molar-refractivity contribution in [2.24, 2.45) is 0 Å². The van der Waals surface area contributed by atoms with Gasteiger partial charge < -0.3 is 19.4 Å². The van der Waals surface area contributed by atoms with Crippen LogP contribution >= 0.6 is 7.82 Å². The Morgan fingerprint density at radius 2 is 0.734 bits per heavy atom. The third kappa shape index (κ3) is 60.9. The van der Waals surface area contributed by atoms with Crippen molar-refractivity contribution < 1.29 is 37.3 Å². The van der Waals surface area contributed by atoms with Crippen LogP contribution in [0.4, 0.5) is 0 Å². The standard InChI is InChI=1S/C69H135N2O7P/c1-7-10-13-16-19-22-25-27-29-31-32-33-34-35-36-37-38-40-41-43-46-49-52-55-58-61-68(72)70-66(65-77-79(74,75)76-64-63-71(4,5)6)67(60-57-54-51-48-45-24-21-18-15-12-9-3)78-69(73)62-59-56-53-50-47-44-42-39-30-28-26-23-20-17-14-11-8-2/h27,29,57,60,66-67H,7-26,28,30-56,58-59,61-65H2,1-6H3,(H-,70,72,74,75)/p+1/b29-27+,60-57-. The minimum atomic E-state index is -4.44. The lowest BCUT2D eigenvalue weighted by atomic mass is 10.0. The molecule has 10 heteroatoms. The van der Waals surface area contributed by atoms with Crippen molar-refractivity contribution in [3.8, 4) is 0 Å². The van der Waals surface area contributed by atoms with E-state index in [-0.39, 0.29) is 25.1 Å². The van der Waals surface area contributed by atoms with Gasteiger partial charge in [0.15, 0.2) is 0 Å². The van der Waals surface area contributed by atoms with Crippen LogP contribution in [0.25, 0.3) is 0 Å². The van der Waals surface area contributed by atoms with E-state index in [0.717, 1.165) is 57.8 Å². The first-order valence-electron chi connectivity index (χ1n) is 34.7. The van der Waals surface area contributed by atoms with E-state index >= 15 is 0 Å². The molecular weight excluding hydrogens is 1000 g/mol. The van der Waals surface area contributed by atoms with Gasteiger partial charge in [-0.1, -0.05) is 309 Å². The average molecular weight is 1140 g/mol.